The van der Waals surface area contributed by atoms with Crippen LogP contribution in [-0.4, -0.2) is 12.7 Å². The van der Waals surface area contributed by atoms with Crippen LogP contribution in [0.2, 0.25) is 0 Å². The number of amides is 1. The molecule has 1 amide bonds. The lowest BCUT2D eigenvalue weighted by Crippen LogP contribution is -2.12. The van der Waals surface area contributed by atoms with Crippen molar-refractivity contribution in [3.8, 4) is 0 Å². The standard InChI is InChI=1S/C11H16.C9H11NO2.C5H12.C2H6/c1-11(2,3)9-10-7-5-4-6-8-10;1-2-12-9(11)10-8-6-4-3-5-7-8;1-5(2,3)4;1-2/h4-8H,9H2,1-3H3;3-7H,2H2,1H3,(H,10,11);1-4H3;1-2H3. The molecule has 0 spiro atoms. The molecule has 0 bridgehead atoms. The molecule has 0 unspecified atom stereocenters. The monoisotopic (exact) mass is 415 g/mol. The van der Waals surface area contributed by atoms with Gasteiger partial charge in [-0.05, 0) is 41.9 Å². The van der Waals surface area contributed by atoms with Crippen molar-refractivity contribution >= 4 is 11.8 Å². The Balaban J connectivity index is 0. The number of hydrogen-bond acceptors (Lipinski definition) is 2. The third kappa shape index (κ3) is 23.7. The number of carbonyl (C=O) groups is 1. The summed E-state index contributed by atoms with van der Waals surface area (Å²) >= 11 is 0. The van der Waals surface area contributed by atoms with Crippen LogP contribution in [0.4, 0.5) is 10.5 Å². The summed E-state index contributed by atoms with van der Waals surface area (Å²) in [6.45, 7) is 21.7. The molecule has 170 valence electrons. The first-order chi connectivity index (χ1) is 13.9. The average Bonchev–Trinajstić information content (AvgIpc) is 2.63. The highest BCUT2D eigenvalue weighted by atomic mass is 16.5. The van der Waals surface area contributed by atoms with Gasteiger partial charge in [0.15, 0.2) is 0 Å². The van der Waals surface area contributed by atoms with Gasteiger partial charge in [-0.25, -0.2) is 4.79 Å². The molecule has 0 aliphatic carbocycles. The Bertz CT molecular complexity index is 632. The summed E-state index contributed by atoms with van der Waals surface area (Å²) in [4.78, 5) is 10.9. The normalized spacial score (nSPS) is 10.1. The zero-order chi connectivity index (χ0) is 23.6. The number of anilines is 1. The Kier molecular flexibility index (Phi) is 16.5. The molecule has 0 radical (unpaired) electrons. The van der Waals surface area contributed by atoms with Gasteiger partial charge in [0.1, 0.15) is 0 Å². The third-order valence-electron chi connectivity index (χ3n) is 2.87. The molecule has 2 rings (SSSR count). The lowest BCUT2D eigenvalue weighted by molar-refractivity contribution is 0.168. The number of hydrogen-bond donors (Lipinski definition) is 1. The molecule has 0 heterocycles. The highest BCUT2D eigenvalue weighted by molar-refractivity contribution is 5.84. The average molecular weight is 416 g/mol. The lowest BCUT2D eigenvalue weighted by Gasteiger charge is -2.17. The first-order valence-corrected chi connectivity index (χ1v) is 10.9. The minimum Gasteiger partial charge on any atom is -0.450 e. The molecular formula is C27H45NO2. The number of carbonyl (C=O) groups excluding carboxylic acids is 1. The quantitative estimate of drug-likeness (QED) is 0.545. The highest BCUT2D eigenvalue weighted by Crippen LogP contribution is 2.19. The molecule has 3 heteroatoms. The SMILES string of the molecule is CC.CC(C)(C)C.CC(C)(C)Cc1ccccc1.CCOC(=O)Nc1ccccc1. The second-order valence-electron chi connectivity index (χ2n) is 9.43. The van der Waals surface area contributed by atoms with Crippen molar-refractivity contribution in [2.75, 3.05) is 11.9 Å². The number of benzene rings is 2. The molecule has 0 aliphatic rings. The Morgan fingerprint density at radius 3 is 1.57 bits per heavy atom. The Labute approximate surface area is 186 Å². The van der Waals surface area contributed by atoms with E-state index < -0.39 is 6.09 Å². The molecule has 1 N–H and O–H groups in total. The summed E-state index contributed by atoms with van der Waals surface area (Å²) in [5, 5.41) is 2.58. The predicted octanol–water partition coefficient (Wildman–Crippen LogP) is 8.61. The highest BCUT2D eigenvalue weighted by Gasteiger charge is 2.09. The Morgan fingerprint density at radius 2 is 1.20 bits per heavy atom. The Hall–Kier alpha value is -2.29. The number of ether oxygens (including phenoxy) is 1. The number of rotatable bonds is 3. The summed E-state index contributed by atoms with van der Waals surface area (Å²) in [7, 11) is 0. The van der Waals surface area contributed by atoms with Crippen LogP contribution in [0.3, 0.4) is 0 Å². The molecule has 0 aliphatic heterocycles. The van der Waals surface area contributed by atoms with E-state index in [0.717, 1.165) is 12.1 Å². The minimum absolute atomic E-state index is 0.388. The molecule has 30 heavy (non-hydrogen) atoms. The van der Waals surface area contributed by atoms with Crippen molar-refractivity contribution in [2.24, 2.45) is 10.8 Å². The smallest absolute Gasteiger partial charge is 0.411 e. The first-order valence-electron chi connectivity index (χ1n) is 10.9. The van der Waals surface area contributed by atoms with E-state index in [0.29, 0.717) is 17.4 Å². The van der Waals surface area contributed by atoms with Gasteiger partial charge in [-0.1, -0.05) is 111 Å². The van der Waals surface area contributed by atoms with Crippen molar-refractivity contribution in [2.45, 2.75) is 75.7 Å². The fourth-order valence-electron chi connectivity index (χ4n) is 2.01. The summed E-state index contributed by atoms with van der Waals surface area (Å²) in [5.41, 5.74) is 3.08. The van der Waals surface area contributed by atoms with E-state index in [9.17, 15) is 4.79 Å². The fourth-order valence-corrected chi connectivity index (χ4v) is 2.01. The van der Waals surface area contributed by atoms with Crippen molar-refractivity contribution in [3.63, 3.8) is 0 Å². The molecular weight excluding hydrogens is 370 g/mol. The Morgan fingerprint density at radius 1 is 0.800 bits per heavy atom. The largest absolute Gasteiger partial charge is 0.450 e. The molecule has 0 atom stereocenters. The molecule has 0 saturated heterocycles. The van der Waals surface area contributed by atoms with Gasteiger partial charge >= 0.3 is 6.09 Å². The van der Waals surface area contributed by atoms with Gasteiger partial charge < -0.3 is 4.74 Å². The van der Waals surface area contributed by atoms with Crippen molar-refractivity contribution < 1.29 is 9.53 Å². The van der Waals surface area contributed by atoms with Crippen molar-refractivity contribution in [3.05, 3.63) is 66.2 Å². The van der Waals surface area contributed by atoms with Crippen LogP contribution in [0, 0.1) is 10.8 Å². The van der Waals surface area contributed by atoms with Crippen LogP contribution in [-0.2, 0) is 11.2 Å². The number of para-hydroxylation sites is 1. The summed E-state index contributed by atoms with van der Waals surface area (Å²) in [5.74, 6) is 0. The fraction of sp³-hybridized carbons (Fsp3) is 0.519. The maximum Gasteiger partial charge on any atom is 0.411 e. The second-order valence-corrected chi connectivity index (χ2v) is 9.43. The van der Waals surface area contributed by atoms with Gasteiger partial charge in [-0.3, -0.25) is 5.32 Å². The van der Waals surface area contributed by atoms with Crippen molar-refractivity contribution in [1.29, 1.82) is 0 Å². The van der Waals surface area contributed by atoms with Crippen LogP contribution < -0.4 is 5.32 Å². The van der Waals surface area contributed by atoms with E-state index in [2.05, 4.69) is 84.1 Å². The molecule has 0 aromatic heterocycles. The van der Waals surface area contributed by atoms with Gasteiger partial charge in [-0.15, -0.1) is 0 Å². The van der Waals surface area contributed by atoms with E-state index in [1.54, 1.807) is 19.1 Å². The topological polar surface area (TPSA) is 38.3 Å². The first kappa shape index (κ1) is 29.9. The van der Waals surface area contributed by atoms with E-state index in [-0.39, 0.29) is 0 Å². The molecule has 0 saturated carbocycles. The third-order valence-corrected chi connectivity index (χ3v) is 2.87. The van der Waals surface area contributed by atoms with Gasteiger partial charge in [0.25, 0.3) is 0 Å². The maximum absolute atomic E-state index is 10.9. The lowest BCUT2D eigenvalue weighted by atomic mass is 9.88. The summed E-state index contributed by atoms with van der Waals surface area (Å²) in [6, 6.07) is 19.8. The zero-order valence-electron chi connectivity index (χ0n) is 21.0. The zero-order valence-corrected chi connectivity index (χ0v) is 21.0. The summed E-state index contributed by atoms with van der Waals surface area (Å²) in [6.07, 6.45) is 0.747. The molecule has 0 fully saturated rings. The molecule has 2 aromatic rings. The van der Waals surface area contributed by atoms with Crippen LogP contribution >= 0.6 is 0 Å². The van der Waals surface area contributed by atoms with Crippen LogP contribution in [0.15, 0.2) is 60.7 Å². The molecule has 2 aromatic carbocycles. The van der Waals surface area contributed by atoms with Crippen molar-refractivity contribution in [1.82, 2.24) is 0 Å². The van der Waals surface area contributed by atoms with Crippen LogP contribution in [0.1, 0.15) is 74.8 Å². The molecule has 3 nitrogen and oxygen atoms in total. The maximum atomic E-state index is 10.9. The van der Waals surface area contributed by atoms with E-state index >= 15 is 0 Å². The van der Waals surface area contributed by atoms with Gasteiger partial charge in [0.2, 0.25) is 0 Å². The van der Waals surface area contributed by atoms with Crippen LogP contribution in [0.5, 0.6) is 0 Å². The van der Waals surface area contributed by atoms with Gasteiger partial charge in [0, 0.05) is 5.69 Å². The van der Waals surface area contributed by atoms with E-state index in [1.807, 2.05) is 32.0 Å². The van der Waals surface area contributed by atoms with E-state index in [1.165, 1.54) is 5.56 Å². The minimum atomic E-state index is -0.413. The van der Waals surface area contributed by atoms with Gasteiger partial charge in [0.05, 0.1) is 6.61 Å². The summed E-state index contributed by atoms with van der Waals surface area (Å²) < 4.78 is 4.70. The van der Waals surface area contributed by atoms with Crippen LogP contribution in [0.25, 0.3) is 0 Å². The predicted molar refractivity (Wildman–Crippen MR) is 133 cm³/mol. The van der Waals surface area contributed by atoms with Gasteiger partial charge in [-0.2, -0.15) is 0 Å². The number of nitrogens with one attached hydrogen (secondary N) is 1. The second kappa shape index (κ2) is 16.5. The van der Waals surface area contributed by atoms with E-state index in [4.69, 9.17) is 4.74 Å².